The normalized spacial score (nSPS) is 11.4. The lowest BCUT2D eigenvalue weighted by atomic mass is 10.2. The van der Waals surface area contributed by atoms with Gasteiger partial charge >= 0.3 is 0 Å². The smallest absolute Gasteiger partial charge is 0.229 e. The molecule has 0 bridgehead atoms. The second kappa shape index (κ2) is 10.3. The number of fused-ring (bicyclic) bond motifs is 1. The van der Waals surface area contributed by atoms with Gasteiger partial charge in [-0.2, -0.15) is 0 Å². The number of aryl methyl sites for hydroxylation is 1. The second-order valence-electron chi connectivity index (χ2n) is 7.34. The van der Waals surface area contributed by atoms with Crippen LogP contribution >= 0.6 is 23.1 Å². The van der Waals surface area contributed by atoms with Crippen molar-refractivity contribution in [2.24, 2.45) is 0 Å². The van der Waals surface area contributed by atoms with Gasteiger partial charge in [0.25, 0.3) is 0 Å². The molecular weight excluding hydrogens is 424 g/mol. The van der Waals surface area contributed by atoms with E-state index in [-0.39, 0.29) is 11.4 Å². The zero-order chi connectivity index (χ0) is 21.7. The van der Waals surface area contributed by atoms with Gasteiger partial charge in [0.15, 0.2) is 10.9 Å². The van der Waals surface area contributed by atoms with Gasteiger partial charge in [0.05, 0.1) is 4.70 Å². The van der Waals surface area contributed by atoms with Gasteiger partial charge in [0, 0.05) is 29.7 Å². The maximum Gasteiger partial charge on any atom is 0.229 e. The Morgan fingerprint density at radius 1 is 1.13 bits per heavy atom. The third-order valence-electron chi connectivity index (χ3n) is 4.53. The molecule has 3 rings (SSSR count). The number of thioether (sulfide) groups is 1. The lowest BCUT2D eigenvalue weighted by molar-refractivity contribution is -0.118. The molecule has 0 aliphatic heterocycles. The molecule has 0 N–H and O–H groups in total. The van der Waals surface area contributed by atoms with Crippen LogP contribution in [0, 0.1) is 18.6 Å². The molecular formula is C22H25F2N3OS2. The maximum absolute atomic E-state index is 14.1. The minimum absolute atomic E-state index is 0.0618. The summed E-state index contributed by atoms with van der Waals surface area (Å²) in [7, 11) is 3.94. The fourth-order valence-corrected chi connectivity index (χ4v) is 4.85. The SMILES string of the molecule is Cc1ccc(SCCC(=O)N(CCCN(C)C)c2nc3c(F)cc(F)cc3s2)cc1. The molecule has 8 heteroatoms. The molecule has 0 unspecified atom stereocenters. The van der Waals surface area contributed by atoms with E-state index in [1.165, 1.54) is 11.6 Å². The summed E-state index contributed by atoms with van der Waals surface area (Å²) in [5, 5.41) is 0.415. The number of carbonyl (C=O) groups excluding carboxylic acids is 1. The van der Waals surface area contributed by atoms with Gasteiger partial charge in [-0.1, -0.05) is 29.0 Å². The number of hydrogen-bond donors (Lipinski definition) is 0. The highest BCUT2D eigenvalue weighted by atomic mass is 32.2. The van der Waals surface area contributed by atoms with Gasteiger partial charge in [-0.05, 0) is 52.2 Å². The minimum atomic E-state index is -0.705. The van der Waals surface area contributed by atoms with Crippen molar-refractivity contribution in [2.45, 2.75) is 24.7 Å². The molecule has 0 radical (unpaired) electrons. The van der Waals surface area contributed by atoms with Crippen LogP contribution in [0.3, 0.4) is 0 Å². The van der Waals surface area contributed by atoms with E-state index < -0.39 is 11.6 Å². The zero-order valence-corrected chi connectivity index (χ0v) is 19.0. The quantitative estimate of drug-likeness (QED) is 0.413. The van der Waals surface area contributed by atoms with E-state index in [9.17, 15) is 13.6 Å². The number of halogens is 2. The van der Waals surface area contributed by atoms with Crippen molar-refractivity contribution in [1.82, 2.24) is 9.88 Å². The third-order valence-corrected chi connectivity index (χ3v) is 6.57. The summed E-state index contributed by atoms with van der Waals surface area (Å²) >= 11 is 2.77. The van der Waals surface area contributed by atoms with E-state index in [1.54, 1.807) is 16.7 Å². The Morgan fingerprint density at radius 3 is 2.57 bits per heavy atom. The van der Waals surface area contributed by atoms with Crippen LogP contribution in [0.15, 0.2) is 41.3 Å². The molecule has 30 heavy (non-hydrogen) atoms. The molecule has 1 amide bonds. The lowest BCUT2D eigenvalue weighted by Crippen LogP contribution is -2.33. The third kappa shape index (κ3) is 6.00. The number of aromatic nitrogens is 1. The van der Waals surface area contributed by atoms with Crippen molar-refractivity contribution in [2.75, 3.05) is 37.8 Å². The number of benzene rings is 2. The van der Waals surface area contributed by atoms with Crippen LogP contribution in [0.1, 0.15) is 18.4 Å². The summed E-state index contributed by atoms with van der Waals surface area (Å²) in [4.78, 5) is 22.1. The second-order valence-corrected chi connectivity index (χ2v) is 9.52. The topological polar surface area (TPSA) is 36.4 Å². The van der Waals surface area contributed by atoms with Gasteiger partial charge in [0.1, 0.15) is 11.3 Å². The summed E-state index contributed by atoms with van der Waals surface area (Å²) < 4.78 is 28.1. The number of thiazole rings is 1. The van der Waals surface area contributed by atoms with Crippen LogP contribution in [0.4, 0.5) is 13.9 Å². The van der Waals surface area contributed by atoms with Crippen molar-refractivity contribution in [3.8, 4) is 0 Å². The molecule has 160 valence electrons. The fourth-order valence-electron chi connectivity index (χ4n) is 2.96. The Labute approximate surface area is 183 Å². The highest BCUT2D eigenvalue weighted by Crippen LogP contribution is 2.32. The molecule has 3 aromatic rings. The Bertz CT molecular complexity index is 1010. The molecule has 0 aliphatic rings. The number of amides is 1. The molecule has 0 saturated heterocycles. The monoisotopic (exact) mass is 449 g/mol. The standard InChI is InChI=1S/C22H25F2N3OS2/c1-15-5-7-17(8-6-15)29-12-9-20(28)27(11-4-10-26(2)3)22-25-21-18(24)13-16(23)14-19(21)30-22/h5-8,13-14H,4,9-12H2,1-3H3. The van der Waals surface area contributed by atoms with Gasteiger partial charge in [0.2, 0.25) is 5.91 Å². The number of carbonyl (C=O) groups is 1. The van der Waals surface area contributed by atoms with Crippen LogP contribution < -0.4 is 4.90 Å². The predicted molar refractivity (Wildman–Crippen MR) is 122 cm³/mol. The first-order valence-corrected chi connectivity index (χ1v) is 11.5. The van der Waals surface area contributed by atoms with Crippen LogP contribution in [-0.2, 0) is 4.79 Å². The van der Waals surface area contributed by atoms with E-state index in [2.05, 4.69) is 4.98 Å². The largest absolute Gasteiger partial charge is 0.309 e. The first kappa shape index (κ1) is 22.7. The summed E-state index contributed by atoms with van der Waals surface area (Å²) in [6.45, 7) is 3.34. The van der Waals surface area contributed by atoms with Gasteiger partial charge < -0.3 is 4.90 Å². The molecule has 1 heterocycles. The first-order chi connectivity index (χ1) is 14.3. The van der Waals surface area contributed by atoms with Crippen molar-refractivity contribution in [3.63, 3.8) is 0 Å². The zero-order valence-electron chi connectivity index (χ0n) is 17.3. The number of nitrogens with zero attached hydrogens (tertiary/aromatic N) is 3. The highest BCUT2D eigenvalue weighted by molar-refractivity contribution is 7.99. The van der Waals surface area contributed by atoms with Crippen molar-refractivity contribution in [1.29, 1.82) is 0 Å². The van der Waals surface area contributed by atoms with Crippen molar-refractivity contribution < 1.29 is 13.6 Å². The van der Waals surface area contributed by atoms with E-state index in [4.69, 9.17) is 0 Å². The van der Waals surface area contributed by atoms with Crippen LogP contribution in [0.2, 0.25) is 0 Å². The van der Waals surface area contributed by atoms with Crippen molar-refractivity contribution >= 4 is 44.4 Å². The Kier molecular flexibility index (Phi) is 7.80. The fraction of sp³-hybridized carbons (Fsp3) is 0.364. The molecule has 0 atom stereocenters. The molecule has 0 spiro atoms. The first-order valence-electron chi connectivity index (χ1n) is 9.73. The minimum Gasteiger partial charge on any atom is -0.309 e. The molecule has 0 fully saturated rings. The average molecular weight is 450 g/mol. The highest BCUT2D eigenvalue weighted by Gasteiger charge is 2.21. The number of anilines is 1. The summed E-state index contributed by atoms with van der Waals surface area (Å²) in [6.07, 6.45) is 1.10. The van der Waals surface area contributed by atoms with Gasteiger partial charge in [-0.15, -0.1) is 11.8 Å². The molecule has 2 aromatic carbocycles. The summed E-state index contributed by atoms with van der Waals surface area (Å²) in [5.41, 5.74) is 1.30. The van der Waals surface area contributed by atoms with Crippen LogP contribution in [0.25, 0.3) is 10.2 Å². The molecule has 0 aliphatic carbocycles. The van der Waals surface area contributed by atoms with Crippen LogP contribution in [-0.4, -0.2) is 48.7 Å². The Balaban J connectivity index is 1.73. The predicted octanol–water partition coefficient (Wildman–Crippen LogP) is 5.35. The Morgan fingerprint density at radius 2 is 1.87 bits per heavy atom. The summed E-state index contributed by atoms with van der Waals surface area (Å²) in [5.74, 6) is -0.772. The lowest BCUT2D eigenvalue weighted by Gasteiger charge is -2.21. The molecule has 4 nitrogen and oxygen atoms in total. The molecule has 1 aromatic heterocycles. The van der Waals surface area contributed by atoms with Gasteiger partial charge in [-0.3, -0.25) is 9.69 Å². The Hall–Kier alpha value is -2.03. The maximum atomic E-state index is 14.1. The molecule has 0 saturated carbocycles. The van der Waals surface area contributed by atoms with Crippen LogP contribution in [0.5, 0.6) is 0 Å². The van der Waals surface area contributed by atoms with E-state index in [0.29, 0.717) is 28.5 Å². The van der Waals surface area contributed by atoms with E-state index in [0.717, 1.165) is 35.3 Å². The van der Waals surface area contributed by atoms with Gasteiger partial charge in [-0.25, -0.2) is 13.8 Å². The average Bonchev–Trinajstić information content (AvgIpc) is 3.10. The van der Waals surface area contributed by atoms with E-state index in [1.807, 2.05) is 50.2 Å². The van der Waals surface area contributed by atoms with Crippen molar-refractivity contribution in [3.05, 3.63) is 53.6 Å². The van der Waals surface area contributed by atoms with E-state index >= 15 is 0 Å². The number of hydrogen-bond acceptors (Lipinski definition) is 5. The number of rotatable bonds is 9. The summed E-state index contributed by atoms with van der Waals surface area (Å²) in [6, 6.07) is 10.3.